The molecule has 2 nitrogen and oxygen atoms in total. The molecule has 1 N–H and O–H groups in total. The molecule has 0 saturated carbocycles. The predicted octanol–water partition coefficient (Wildman–Crippen LogP) is 2.20. The monoisotopic (exact) mass is 230 g/mol. The molecular weight excluding hydrogens is 204 g/mol. The van der Waals surface area contributed by atoms with Crippen molar-refractivity contribution in [3.63, 3.8) is 0 Å². The van der Waals surface area contributed by atoms with Crippen LogP contribution >= 0.6 is 11.8 Å². The van der Waals surface area contributed by atoms with Gasteiger partial charge in [-0.2, -0.15) is 11.8 Å². The van der Waals surface area contributed by atoms with E-state index in [2.05, 4.69) is 42.7 Å². The van der Waals surface area contributed by atoms with Crippen LogP contribution in [0.15, 0.2) is 0 Å². The summed E-state index contributed by atoms with van der Waals surface area (Å²) in [5.41, 5.74) is 0. The van der Waals surface area contributed by atoms with Crippen molar-refractivity contribution in [3.8, 4) is 0 Å². The third-order valence-electron chi connectivity index (χ3n) is 3.04. The molecule has 0 aliphatic carbocycles. The molecule has 0 aromatic rings. The van der Waals surface area contributed by atoms with Crippen LogP contribution in [0, 0.1) is 0 Å². The Balaban J connectivity index is 2.12. The summed E-state index contributed by atoms with van der Waals surface area (Å²) in [5.74, 6) is 1.31. The SMILES string of the molecule is CCCCNCC(C)N1CCSC(C)C1. The molecule has 0 spiro atoms. The van der Waals surface area contributed by atoms with E-state index in [0.29, 0.717) is 6.04 Å². The highest BCUT2D eigenvalue weighted by atomic mass is 32.2. The molecule has 2 atom stereocenters. The van der Waals surface area contributed by atoms with E-state index in [1.54, 1.807) is 0 Å². The lowest BCUT2D eigenvalue weighted by molar-refractivity contribution is 0.213. The second-order valence-corrected chi connectivity index (χ2v) is 6.13. The van der Waals surface area contributed by atoms with E-state index in [-0.39, 0.29) is 0 Å². The fraction of sp³-hybridized carbons (Fsp3) is 1.00. The summed E-state index contributed by atoms with van der Waals surface area (Å²) in [5, 5.41) is 4.37. The lowest BCUT2D eigenvalue weighted by atomic mass is 10.2. The summed E-state index contributed by atoms with van der Waals surface area (Å²) in [4.78, 5) is 2.63. The standard InChI is InChI=1S/C12H26N2S/c1-4-5-6-13-9-11(2)14-7-8-15-12(3)10-14/h11-13H,4-10H2,1-3H3. The van der Waals surface area contributed by atoms with Gasteiger partial charge >= 0.3 is 0 Å². The van der Waals surface area contributed by atoms with Gasteiger partial charge in [-0.25, -0.2) is 0 Å². The zero-order valence-electron chi connectivity index (χ0n) is 10.5. The minimum Gasteiger partial charge on any atom is -0.315 e. The first kappa shape index (κ1) is 13.3. The summed E-state index contributed by atoms with van der Waals surface area (Å²) >= 11 is 2.11. The third kappa shape index (κ3) is 5.23. The molecular formula is C12H26N2S. The van der Waals surface area contributed by atoms with Crippen molar-refractivity contribution in [1.82, 2.24) is 10.2 Å². The van der Waals surface area contributed by atoms with Gasteiger partial charge in [-0.3, -0.25) is 4.90 Å². The van der Waals surface area contributed by atoms with E-state index in [1.807, 2.05) is 0 Å². The van der Waals surface area contributed by atoms with Gasteiger partial charge in [-0.1, -0.05) is 20.3 Å². The Morgan fingerprint density at radius 3 is 3.00 bits per heavy atom. The highest BCUT2D eigenvalue weighted by Crippen LogP contribution is 2.19. The van der Waals surface area contributed by atoms with Gasteiger partial charge in [0.2, 0.25) is 0 Å². The largest absolute Gasteiger partial charge is 0.315 e. The predicted molar refractivity (Wildman–Crippen MR) is 70.7 cm³/mol. The molecule has 0 aromatic carbocycles. The first-order valence-electron chi connectivity index (χ1n) is 6.30. The van der Waals surface area contributed by atoms with Gasteiger partial charge in [0.1, 0.15) is 0 Å². The minimum absolute atomic E-state index is 0.699. The molecule has 2 unspecified atom stereocenters. The van der Waals surface area contributed by atoms with Crippen LogP contribution in [0.3, 0.4) is 0 Å². The van der Waals surface area contributed by atoms with Gasteiger partial charge in [-0.15, -0.1) is 0 Å². The fourth-order valence-corrected chi connectivity index (χ4v) is 3.03. The maximum Gasteiger partial charge on any atom is 0.0193 e. The maximum atomic E-state index is 3.55. The number of unbranched alkanes of at least 4 members (excludes halogenated alkanes) is 1. The average molecular weight is 230 g/mol. The quantitative estimate of drug-likeness (QED) is 0.704. The Morgan fingerprint density at radius 1 is 1.53 bits per heavy atom. The van der Waals surface area contributed by atoms with Crippen molar-refractivity contribution in [2.75, 3.05) is 31.9 Å². The molecule has 0 aromatic heterocycles. The van der Waals surface area contributed by atoms with Gasteiger partial charge < -0.3 is 5.32 Å². The highest BCUT2D eigenvalue weighted by Gasteiger charge is 2.20. The average Bonchev–Trinajstić information content (AvgIpc) is 2.24. The van der Waals surface area contributed by atoms with E-state index in [0.717, 1.165) is 11.8 Å². The van der Waals surface area contributed by atoms with E-state index < -0.39 is 0 Å². The Labute approximate surface area is 99.2 Å². The lowest BCUT2D eigenvalue weighted by Crippen LogP contribution is -2.46. The Hall–Kier alpha value is 0.270. The van der Waals surface area contributed by atoms with Crippen LogP contribution in [0.1, 0.15) is 33.6 Å². The summed E-state index contributed by atoms with van der Waals surface area (Å²) < 4.78 is 0. The maximum absolute atomic E-state index is 3.55. The lowest BCUT2D eigenvalue weighted by Gasteiger charge is -2.35. The summed E-state index contributed by atoms with van der Waals surface area (Å²) in [7, 11) is 0. The summed E-state index contributed by atoms with van der Waals surface area (Å²) in [6.45, 7) is 11.8. The minimum atomic E-state index is 0.699. The summed E-state index contributed by atoms with van der Waals surface area (Å²) in [6.07, 6.45) is 2.59. The number of hydrogen-bond donors (Lipinski definition) is 1. The third-order valence-corrected chi connectivity index (χ3v) is 4.18. The molecule has 1 saturated heterocycles. The smallest absolute Gasteiger partial charge is 0.0193 e. The molecule has 15 heavy (non-hydrogen) atoms. The molecule has 0 bridgehead atoms. The van der Waals surface area contributed by atoms with Crippen LogP contribution in [0.2, 0.25) is 0 Å². The normalized spacial score (nSPS) is 25.4. The van der Waals surface area contributed by atoms with Crippen LogP contribution in [-0.4, -0.2) is 48.1 Å². The molecule has 1 aliphatic rings. The molecule has 1 aliphatic heterocycles. The molecule has 0 radical (unpaired) electrons. The van der Waals surface area contributed by atoms with Crippen molar-refractivity contribution in [1.29, 1.82) is 0 Å². The van der Waals surface area contributed by atoms with E-state index in [4.69, 9.17) is 0 Å². The molecule has 1 fully saturated rings. The Kier molecular flexibility index (Phi) is 6.69. The highest BCUT2D eigenvalue weighted by molar-refractivity contribution is 7.99. The van der Waals surface area contributed by atoms with E-state index in [1.165, 1.54) is 38.2 Å². The van der Waals surface area contributed by atoms with Crippen molar-refractivity contribution < 1.29 is 0 Å². The number of rotatable bonds is 6. The zero-order chi connectivity index (χ0) is 11.1. The second kappa shape index (κ2) is 7.53. The molecule has 90 valence electrons. The van der Waals surface area contributed by atoms with Crippen LogP contribution in [-0.2, 0) is 0 Å². The Bertz CT molecular complexity index is 164. The van der Waals surface area contributed by atoms with Gasteiger partial charge in [0.15, 0.2) is 0 Å². The topological polar surface area (TPSA) is 15.3 Å². The van der Waals surface area contributed by atoms with Gasteiger partial charge in [-0.05, 0) is 19.9 Å². The molecule has 1 heterocycles. The van der Waals surface area contributed by atoms with E-state index >= 15 is 0 Å². The summed E-state index contributed by atoms with van der Waals surface area (Å²) in [6, 6.07) is 0.699. The number of nitrogens with zero attached hydrogens (tertiary/aromatic N) is 1. The van der Waals surface area contributed by atoms with Crippen molar-refractivity contribution in [2.24, 2.45) is 0 Å². The fourth-order valence-electron chi connectivity index (χ4n) is 1.99. The van der Waals surface area contributed by atoms with Gasteiger partial charge in [0.25, 0.3) is 0 Å². The molecule has 3 heteroatoms. The first-order valence-corrected chi connectivity index (χ1v) is 7.35. The number of hydrogen-bond acceptors (Lipinski definition) is 3. The van der Waals surface area contributed by atoms with Crippen LogP contribution < -0.4 is 5.32 Å². The van der Waals surface area contributed by atoms with Gasteiger partial charge in [0, 0.05) is 36.7 Å². The van der Waals surface area contributed by atoms with Crippen molar-refractivity contribution in [2.45, 2.75) is 44.9 Å². The Morgan fingerprint density at radius 2 is 2.33 bits per heavy atom. The number of nitrogens with one attached hydrogen (secondary N) is 1. The van der Waals surface area contributed by atoms with Crippen molar-refractivity contribution >= 4 is 11.8 Å². The van der Waals surface area contributed by atoms with Crippen LogP contribution in [0.5, 0.6) is 0 Å². The second-order valence-electron chi connectivity index (χ2n) is 4.58. The van der Waals surface area contributed by atoms with Crippen molar-refractivity contribution in [3.05, 3.63) is 0 Å². The first-order chi connectivity index (χ1) is 7.24. The van der Waals surface area contributed by atoms with Gasteiger partial charge in [0.05, 0.1) is 0 Å². The van der Waals surface area contributed by atoms with Crippen LogP contribution in [0.25, 0.3) is 0 Å². The number of thioether (sulfide) groups is 1. The van der Waals surface area contributed by atoms with E-state index in [9.17, 15) is 0 Å². The van der Waals surface area contributed by atoms with Crippen LogP contribution in [0.4, 0.5) is 0 Å². The molecule has 0 amide bonds. The zero-order valence-corrected chi connectivity index (χ0v) is 11.3. The molecule has 1 rings (SSSR count).